The van der Waals surface area contributed by atoms with Crippen LogP contribution in [0.3, 0.4) is 0 Å². The number of para-hydroxylation sites is 1. The Morgan fingerprint density at radius 3 is 2.53 bits per heavy atom. The molecule has 1 saturated heterocycles. The lowest BCUT2D eigenvalue weighted by Gasteiger charge is -2.38. The van der Waals surface area contributed by atoms with Gasteiger partial charge in [0.05, 0.1) is 7.11 Å². The Hall–Kier alpha value is -1.06. The van der Waals surface area contributed by atoms with Gasteiger partial charge in [-0.3, -0.25) is 0 Å². The summed E-state index contributed by atoms with van der Waals surface area (Å²) in [5.41, 5.74) is 7.95. The van der Waals surface area contributed by atoms with Crippen LogP contribution in [0, 0.1) is 5.41 Å². The zero-order valence-electron chi connectivity index (χ0n) is 12.4. The van der Waals surface area contributed by atoms with Crippen LogP contribution in [-0.4, -0.2) is 31.6 Å². The zero-order chi connectivity index (χ0) is 13.9. The molecule has 3 nitrogen and oxygen atoms in total. The molecule has 0 aromatic heterocycles. The average molecular weight is 262 g/mol. The molecule has 0 saturated carbocycles. The first-order valence-corrected chi connectivity index (χ1v) is 7.13. The van der Waals surface area contributed by atoms with Crippen molar-refractivity contribution in [3.63, 3.8) is 0 Å². The van der Waals surface area contributed by atoms with Crippen LogP contribution in [0.4, 0.5) is 0 Å². The van der Waals surface area contributed by atoms with Gasteiger partial charge in [-0.1, -0.05) is 32.0 Å². The Labute approximate surface area is 116 Å². The molecule has 106 valence electrons. The SMILES string of the molecule is COc1ccccc1C(N)CN1CCC(C)(C)CC1. The highest BCUT2D eigenvalue weighted by Gasteiger charge is 2.26. The number of benzene rings is 1. The van der Waals surface area contributed by atoms with Crippen molar-refractivity contribution in [3.05, 3.63) is 29.8 Å². The minimum atomic E-state index is 0.0253. The summed E-state index contributed by atoms with van der Waals surface area (Å²) >= 11 is 0. The number of hydrogen-bond donors (Lipinski definition) is 1. The Morgan fingerprint density at radius 2 is 1.89 bits per heavy atom. The molecular weight excluding hydrogens is 236 g/mol. The van der Waals surface area contributed by atoms with Crippen LogP contribution in [0.2, 0.25) is 0 Å². The van der Waals surface area contributed by atoms with E-state index >= 15 is 0 Å². The summed E-state index contributed by atoms with van der Waals surface area (Å²) in [5, 5.41) is 0. The van der Waals surface area contributed by atoms with Crippen LogP contribution in [0.5, 0.6) is 5.75 Å². The predicted molar refractivity (Wildman–Crippen MR) is 79.4 cm³/mol. The van der Waals surface area contributed by atoms with Crippen LogP contribution in [0.1, 0.15) is 38.3 Å². The quantitative estimate of drug-likeness (QED) is 0.907. The standard InChI is InChI=1S/C16H26N2O/c1-16(2)8-10-18(11-9-16)12-14(17)13-6-4-5-7-15(13)19-3/h4-7,14H,8-12,17H2,1-3H3. The second-order valence-electron chi connectivity index (χ2n) is 6.31. The number of rotatable bonds is 4. The fourth-order valence-corrected chi connectivity index (χ4v) is 2.69. The van der Waals surface area contributed by atoms with E-state index in [4.69, 9.17) is 10.5 Å². The van der Waals surface area contributed by atoms with E-state index in [1.54, 1.807) is 7.11 Å². The lowest BCUT2D eigenvalue weighted by Crippen LogP contribution is -2.41. The molecule has 3 heteroatoms. The Balaban J connectivity index is 1.96. The maximum absolute atomic E-state index is 6.35. The van der Waals surface area contributed by atoms with Crippen LogP contribution in [-0.2, 0) is 0 Å². The number of nitrogens with two attached hydrogens (primary N) is 1. The van der Waals surface area contributed by atoms with Gasteiger partial charge in [0.1, 0.15) is 5.75 Å². The zero-order valence-corrected chi connectivity index (χ0v) is 12.4. The van der Waals surface area contributed by atoms with E-state index < -0.39 is 0 Å². The first kappa shape index (κ1) is 14.4. The van der Waals surface area contributed by atoms with Gasteiger partial charge in [0, 0.05) is 18.2 Å². The third-order valence-electron chi connectivity index (χ3n) is 4.20. The molecule has 19 heavy (non-hydrogen) atoms. The summed E-state index contributed by atoms with van der Waals surface area (Å²) in [5.74, 6) is 0.896. The van der Waals surface area contributed by atoms with Crippen LogP contribution < -0.4 is 10.5 Å². The maximum atomic E-state index is 6.35. The largest absolute Gasteiger partial charge is 0.496 e. The molecule has 1 unspecified atom stereocenters. The molecule has 0 radical (unpaired) electrons. The van der Waals surface area contributed by atoms with E-state index in [0.717, 1.165) is 30.9 Å². The van der Waals surface area contributed by atoms with Crippen molar-refractivity contribution in [2.45, 2.75) is 32.7 Å². The first-order chi connectivity index (χ1) is 9.02. The highest BCUT2D eigenvalue weighted by Crippen LogP contribution is 2.31. The van der Waals surface area contributed by atoms with Gasteiger partial charge in [0.2, 0.25) is 0 Å². The maximum Gasteiger partial charge on any atom is 0.123 e. The summed E-state index contributed by atoms with van der Waals surface area (Å²) in [6.45, 7) is 7.91. The predicted octanol–water partition coefficient (Wildman–Crippen LogP) is 2.82. The van der Waals surface area contributed by atoms with Gasteiger partial charge in [-0.15, -0.1) is 0 Å². The molecule has 1 fully saturated rings. The molecule has 2 rings (SSSR count). The summed E-state index contributed by atoms with van der Waals surface area (Å²) in [7, 11) is 1.70. The van der Waals surface area contributed by atoms with Gasteiger partial charge in [-0.05, 0) is 37.4 Å². The van der Waals surface area contributed by atoms with E-state index in [2.05, 4.69) is 24.8 Å². The molecule has 1 aromatic carbocycles. The Kier molecular flexibility index (Phi) is 4.48. The molecule has 2 N–H and O–H groups in total. The van der Waals surface area contributed by atoms with Crippen molar-refractivity contribution in [2.24, 2.45) is 11.1 Å². The number of hydrogen-bond acceptors (Lipinski definition) is 3. The second kappa shape index (κ2) is 5.93. The normalized spacial score (nSPS) is 21.1. The summed E-state index contributed by atoms with van der Waals surface area (Å²) < 4.78 is 5.39. The molecular formula is C16H26N2O. The lowest BCUT2D eigenvalue weighted by molar-refractivity contribution is 0.126. The number of methoxy groups -OCH3 is 1. The highest BCUT2D eigenvalue weighted by atomic mass is 16.5. The third-order valence-corrected chi connectivity index (χ3v) is 4.20. The average Bonchev–Trinajstić information content (AvgIpc) is 2.41. The minimum Gasteiger partial charge on any atom is -0.496 e. The number of piperidine rings is 1. The van der Waals surface area contributed by atoms with E-state index in [1.165, 1.54) is 12.8 Å². The Morgan fingerprint density at radius 1 is 1.26 bits per heavy atom. The molecule has 0 spiro atoms. The van der Waals surface area contributed by atoms with E-state index in [-0.39, 0.29) is 6.04 Å². The van der Waals surface area contributed by atoms with E-state index in [0.29, 0.717) is 5.41 Å². The molecule has 1 aromatic rings. The second-order valence-corrected chi connectivity index (χ2v) is 6.31. The van der Waals surface area contributed by atoms with Crippen molar-refractivity contribution in [3.8, 4) is 5.75 Å². The van der Waals surface area contributed by atoms with E-state index in [1.807, 2.05) is 18.2 Å². The lowest BCUT2D eigenvalue weighted by atomic mass is 9.82. The van der Waals surface area contributed by atoms with Crippen molar-refractivity contribution in [2.75, 3.05) is 26.7 Å². The molecule has 0 bridgehead atoms. The van der Waals surface area contributed by atoms with Crippen molar-refractivity contribution in [1.29, 1.82) is 0 Å². The fraction of sp³-hybridized carbons (Fsp3) is 0.625. The van der Waals surface area contributed by atoms with Crippen molar-refractivity contribution < 1.29 is 4.74 Å². The topological polar surface area (TPSA) is 38.5 Å². The van der Waals surface area contributed by atoms with Gasteiger partial charge < -0.3 is 15.4 Å². The summed E-state index contributed by atoms with van der Waals surface area (Å²) in [4.78, 5) is 2.47. The molecule has 0 amide bonds. The number of likely N-dealkylation sites (tertiary alicyclic amines) is 1. The van der Waals surface area contributed by atoms with Gasteiger partial charge in [0.25, 0.3) is 0 Å². The summed E-state index contributed by atoms with van der Waals surface area (Å²) in [6, 6.07) is 8.08. The van der Waals surface area contributed by atoms with Crippen LogP contribution >= 0.6 is 0 Å². The van der Waals surface area contributed by atoms with E-state index in [9.17, 15) is 0 Å². The molecule has 1 aliphatic rings. The third kappa shape index (κ3) is 3.71. The van der Waals surface area contributed by atoms with Gasteiger partial charge >= 0.3 is 0 Å². The highest BCUT2D eigenvalue weighted by molar-refractivity contribution is 5.35. The van der Waals surface area contributed by atoms with Crippen molar-refractivity contribution in [1.82, 2.24) is 4.90 Å². The number of ether oxygens (including phenoxy) is 1. The molecule has 1 heterocycles. The molecule has 1 atom stereocenters. The fourth-order valence-electron chi connectivity index (χ4n) is 2.69. The smallest absolute Gasteiger partial charge is 0.123 e. The van der Waals surface area contributed by atoms with Crippen LogP contribution in [0.15, 0.2) is 24.3 Å². The Bertz CT molecular complexity index is 407. The minimum absolute atomic E-state index is 0.0253. The molecule has 0 aliphatic carbocycles. The first-order valence-electron chi connectivity index (χ1n) is 7.13. The molecule has 1 aliphatic heterocycles. The summed E-state index contributed by atoms with van der Waals surface area (Å²) in [6.07, 6.45) is 2.51. The van der Waals surface area contributed by atoms with Crippen LogP contribution in [0.25, 0.3) is 0 Å². The van der Waals surface area contributed by atoms with Gasteiger partial charge in [-0.2, -0.15) is 0 Å². The van der Waals surface area contributed by atoms with Gasteiger partial charge in [0.15, 0.2) is 0 Å². The monoisotopic (exact) mass is 262 g/mol. The van der Waals surface area contributed by atoms with Crippen molar-refractivity contribution >= 4 is 0 Å². The number of nitrogens with zero attached hydrogens (tertiary/aromatic N) is 1. The van der Waals surface area contributed by atoms with Gasteiger partial charge in [-0.25, -0.2) is 0 Å².